The van der Waals surface area contributed by atoms with E-state index in [1.807, 2.05) is 16.8 Å². The number of amides is 1. The normalized spacial score (nSPS) is 18.5. The molecule has 0 aliphatic carbocycles. The molecule has 2 N–H and O–H groups in total. The summed E-state index contributed by atoms with van der Waals surface area (Å²) in [5, 5.41) is 0. The molecular weight excluding hydrogens is 192 g/mol. The summed E-state index contributed by atoms with van der Waals surface area (Å²) in [5.74, 6) is 0.221. The Morgan fingerprint density at radius 2 is 1.93 bits per heavy atom. The van der Waals surface area contributed by atoms with Gasteiger partial charge in [0.05, 0.1) is 6.54 Å². The number of carbonyl (C=O) groups is 1. The van der Waals surface area contributed by atoms with Crippen LogP contribution in [-0.2, 0) is 4.79 Å². The van der Waals surface area contributed by atoms with E-state index in [4.69, 9.17) is 5.73 Å². The van der Waals surface area contributed by atoms with Crippen LogP contribution in [-0.4, -0.2) is 80.5 Å². The molecule has 1 aliphatic rings. The number of hydrogen-bond donors (Lipinski definition) is 1. The van der Waals surface area contributed by atoms with Gasteiger partial charge in [0.2, 0.25) is 5.91 Å². The summed E-state index contributed by atoms with van der Waals surface area (Å²) < 4.78 is 0. The van der Waals surface area contributed by atoms with Crippen LogP contribution in [0.1, 0.15) is 0 Å². The van der Waals surface area contributed by atoms with Gasteiger partial charge in [-0.15, -0.1) is 0 Å². The maximum Gasteiger partial charge on any atom is 0.236 e. The number of carbonyl (C=O) groups excluding carboxylic acids is 1. The maximum atomic E-state index is 11.8. The summed E-state index contributed by atoms with van der Waals surface area (Å²) in [6.45, 7) is 5.53. The number of likely N-dealkylation sites (N-methyl/N-ethyl adjacent to an activating group) is 2. The van der Waals surface area contributed by atoms with E-state index in [0.717, 1.165) is 32.7 Å². The molecule has 0 atom stereocenters. The van der Waals surface area contributed by atoms with Crippen LogP contribution in [0.3, 0.4) is 0 Å². The van der Waals surface area contributed by atoms with E-state index in [9.17, 15) is 4.79 Å². The Labute approximate surface area is 91.8 Å². The van der Waals surface area contributed by atoms with Gasteiger partial charge < -0.3 is 15.5 Å². The lowest BCUT2D eigenvalue weighted by Gasteiger charge is -2.33. The number of nitrogens with zero attached hydrogens (tertiary/aromatic N) is 3. The first-order valence-corrected chi connectivity index (χ1v) is 5.48. The zero-order chi connectivity index (χ0) is 11.3. The summed E-state index contributed by atoms with van der Waals surface area (Å²) in [5.41, 5.74) is 5.43. The molecule has 0 radical (unpaired) electrons. The molecule has 1 rings (SSSR count). The van der Waals surface area contributed by atoms with Gasteiger partial charge in [0, 0.05) is 39.3 Å². The number of piperazine rings is 1. The van der Waals surface area contributed by atoms with Gasteiger partial charge in [0.15, 0.2) is 0 Å². The monoisotopic (exact) mass is 214 g/mol. The van der Waals surface area contributed by atoms with Crippen molar-refractivity contribution >= 4 is 5.91 Å². The highest BCUT2D eigenvalue weighted by atomic mass is 16.2. The van der Waals surface area contributed by atoms with Crippen LogP contribution in [0.2, 0.25) is 0 Å². The van der Waals surface area contributed by atoms with E-state index in [1.165, 1.54) is 0 Å². The van der Waals surface area contributed by atoms with Crippen molar-refractivity contribution in [3.05, 3.63) is 0 Å². The van der Waals surface area contributed by atoms with Gasteiger partial charge in [-0.2, -0.15) is 0 Å². The molecule has 88 valence electrons. The summed E-state index contributed by atoms with van der Waals surface area (Å²) in [7, 11) is 4.02. The summed E-state index contributed by atoms with van der Waals surface area (Å²) >= 11 is 0. The van der Waals surface area contributed by atoms with E-state index in [1.54, 1.807) is 0 Å². The van der Waals surface area contributed by atoms with Crippen molar-refractivity contribution in [2.24, 2.45) is 5.73 Å². The van der Waals surface area contributed by atoms with E-state index >= 15 is 0 Å². The lowest BCUT2D eigenvalue weighted by Crippen LogP contribution is -2.50. The highest BCUT2D eigenvalue weighted by Gasteiger charge is 2.19. The Hall–Kier alpha value is -0.650. The first kappa shape index (κ1) is 12.4. The van der Waals surface area contributed by atoms with E-state index < -0.39 is 0 Å². The Morgan fingerprint density at radius 3 is 2.47 bits per heavy atom. The average molecular weight is 214 g/mol. The molecular formula is C10H22N4O. The van der Waals surface area contributed by atoms with E-state index in [2.05, 4.69) is 11.9 Å². The second-order valence-electron chi connectivity index (χ2n) is 4.21. The SMILES string of the molecule is CN1CCN(C(=O)CN(C)CCN)CC1. The molecule has 5 nitrogen and oxygen atoms in total. The van der Waals surface area contributed by atoms with Crippen molar-refractivity contribution in [3.8, 4) is 0 Å². The molecule has 0 aromatic heterocycles. The van der Waals surface area contributed by atoms with Crippen LogP contribution in [0.5, 0.6) is 0 Å². The van der Waals surface area contributed by atoms with E-state index in [-0.39, 0.29) is 5.91 Å². The van der Waals surface area contributed by atoms with Crippen LogP contribution in [0, 0.1) is 0 Å². The van der Waals surface area contributed by atoms with Crippen molar-refractivity contribution in [1.82, 2.24) is 14.7 Å². The Balaban J connectivity index is 2.27. The fraction of sp³-hybridized carbons (Fsp3) is 0.900. The molecule has 0 aromatic rings. The Kier molecular flexibility index (Phi) is 5.01. The molecule has 15 heavy (non-hydrogen) atoms. The highest BCUT2D eigenvalue weighted by molar-refractivity contribution is 5.78. The van der Waals surface area contributed by atoms with Crippen molar-refractivity contribution in [2.75, 3.05) is 59.9 Å². The quantitative estimate of drug-likeness (QED) is 0.629. The van der Waals surface area contributed by atoms with Gasteiger partial charge in [-0.05, 0) is 14.1 Å². The predicted octanol–water partition coefficient (Wildman–Crippen LogP) is -1.35. The first-order valence-electron chi connectivity index (χ1n) is 5.48. The molecule has 1 saturated heterocycles. The van der Waals surface area contributed by atoms with Crippen molar-refractivity contribution in [3.63, 3.8) is 0 Å². The van der Waals surface area contributed by atoms with Crippen molar-refractivity contribution in [1.29, 1.82) is 0 Å². The van der Waals surface area contributed by atoms with Crippen LogP contribution in [0.25, 0.3) is 0 Å². The molecule has 0 unspecified atom stereocenters. The third-order valence-electron chi connectivity index (χ3n) is 2.77. The molecule has 5 heteroatoms. The smallest absolute Gasteiger partial charge is 0.236 e. The molecule has 0 spiro atoms. The molecule has 1 heterocycles. The molecule has 0 bridgehead atoms. The Morgan fingerprint density at radius 1 is 1.33 bits per heavy atom. The van der Waals surface area contributed by atoms with Crippen LogP contribution in [0.4, 0.5) is 0 Å². The average Bonchev–Trinajstić information content (AvgIpc) is 2.18. The minimum absolute atomic E-state index is 0.221. The van der Waals surface area contributed by atoms with Gasteiger partial charge in [0.1, 0.15) is 0 Å². The van der Waals surface area contributed by atoms with Gasteiger partial charge in [0.25, 0.3) is 0 Å². The highest BCUT2D eigenvalue weighted by Crippen LogP contribution is 2.00. The van der Waals surface area contributed by atoms with Gasteiger partial charge in [-0.3, -0.25) is 9.69 Å². The second-order valence-corrected chi connectivity index (χ2v) is 4.21. The predicted molar refractivity (Wildman–Crippen MR) is 60.6 cm³/mol. The third-order valence-corrected chi connectivity index (χ3v) is 2.77. The number of hydrogen-bond acceptors (Lipinski definition) is 4. The summed E-state index contributed by atoms with van der Waals surface area (Å²) in [4.78, 5) is 18.0. The van der Waals surface area contributed by atoms with Crippen molar-refractivity contribution < 1.29 is 4.79 Å². The van der Waals surface area contributed by atoms with Gasteiger partial charge >= 0.3 is 0 Å². The van der Waals surface area contributed by atoms with E-state index in [0.29, 0.717) is 13.1 Å². The largest absolute Gasteiger partial charge is 0.339 e. The number of nitrogens with two attached hydrogens (primary N) is 1. The maximum absolute atomic E-state index is 11.8. The van der Waals surface area contributed by atoms with Crippen molar-refractivity contribution in [2.45, 2.75) is 0 Å². The number of rotatable bonds is 4. The lowest BCUT2D eigenvalue weighted by molar-refractivity contribution is -0.133. The molecule has 1 aliphatic heterocycles. The Bertz CT molecular complexity index is 202. The molecule has 0 aromatic carbocycles. The third kappa shape index (κ3) is 4.15. The zero-order valence-electron chi connectivity index (χ0n) is 9.78. The first-order chi connectivity index (χ1) is 7.13. The lowest BCUT2D eigenvalue weighted by atomic mass is 10.3. The van der Waals surface area contributed by atoms with Gasteiger partial charge in [-0.25, -0.2) is 0 Å². The fourth-order valence-electron chi connectivity index (χ4n) is 1.69. The van der Waals surface area contributed by atoms with Crippen LogP contribution in [0.15, 0.2) is 0 Å². The fourth-order valence-corrected chi connectivity index (χ4v) is 1.69. The summed E-state index contributed by atoms with van der Waals surface area (Å²) in [6.07, 6.45) is 0. The minimum Gasteiger partial charge on any atom is -0.339 e. The zero-order valence-corrected chi connectivity index (χ0v) is 9.78. The summed E-state index contributed by atoms with van der Waals surface area (Å²) in [6, 6.07) is 0. The topological polar surface area (TPSA) is 52.8 Å². The van der Waals surface area contributed by atoms with Gasteiger partial charge in [-0.1, -0.05) is 0 Å². The molecule has 0 saturated carbocycles. The minimum atomic E-state index is 0.221. The van der Waals surface area contributed by atoms with Crippen LogP contribution < -0.4 is 5.73 Å². The molecule has 1 fully saturated rings. The standard InChI is InChI=1S/C10H22N4O/c1-12-5-7-14(8-6-12)10(15)9-13(2)4-3-11/h3-9,11H2,1-2H3. The molecule has 1 amide bonds. The van der Waals surface area contributed by atoms with Crippen LogP contribution >= 0.6 is 0 Å². The second kappa shape index (κ2) is 6.05.